The van der Waals surface area contributed by atoms with Crippen molar-refractivity contribution in [3.63, 3.8) is 0 Å². The summed E-state index contributed by atoms with van der Waals surface area (Å²) in [5.74, 6) is -0.148. The number of hydrogen-bond donors (Lipinski definition) is 1. The number of rotatable bonds is 1. The zero-order valence-electron chi connectivity index (χ0n) is 9.80. The second-order valence-corrected chi connectivity index (χ2v) is 6.51. The highest BCUT2D eigenvalue weighted by molar-refractivity contribution is 8.11. The third kappa shape index (κ3) is 1.99. The number of nitrogens with zero attached hydrogens (tertiary/aromatic N) is 1. The lowest BCUT2D eigenvalue weighted by Gasteiger charge is -2.28. The van der Waals surface area contributed by atoms with Gasteiger partial charge in [-0.1, -0.05) is 0 Å². The van der Waals surface area contributed by atoms with Gasteiger partial charge < -0.3 is 0 Å². The maximum absolute atomic E-state index is 12.2. The molecule has 19 heavy (non-hydrogen) atoms. The van der Waals surface area contributed by atoms with Crippen molar-refractivity contribution in [2.45, 2.75) is 18.9 Å². The predicted octanol–water partition coefficient (Wildman–Crippen LogP) is -0.148. The molecule has 0 saturated carbocycles. The maximum atomic E-state index is 12.2. The molecule has 6 nitrogen and oxygen atoms in total. The number of imide groups is 2. The van der Waals surface area contributed by atoms with Gasteiger partial charge in [-0.25, -0.2) is 0 Å². The van der Waals surface area contributed by atoms with Crippen LogP contribution in [0.3, 0.4) is 0 Å². The van der Waals surface area contributed by atoms with E-state index in [1.54, 1.807) is 0 Å². The third-order valence-corrected chi connectivity index (χ3v) is 5.67. The molecule has 0 aromatic carbocycles. The number of hydrogen-bond acceptors (Lipinski definition) is 6. The van der Waals surface area contributed by atoms with Crippen LogP contribution in [-0.4, -0.2) is 46.1 Å². The van der Waals surface area contributed by atoms with Crippen LogP contribution in [-0.2, 0) is 19.2 Å². The lowest BCUT2D eigenvalue weighted by molar-refractivity contribution is -0.149. The van der Waals surface area contributed by atoms with Gasteiger partial charge in [0.05, 0.1) is 9.81 Å². The lowest BCUT2D eigenvalue weighted by atomic mass is 10.0. The van der Waals surface area contributed by atoms with Gasteiger partial charge in [0, 0.05) is 17.9 Å². The molecule has 3 aliphatic rings. The Balaban J connectivity index is 1.87. The van der Waals surface area contributed by atoms with Crippen molar-refractivity contribution in [3.05, 3.63) is 9.81 Å². The molecule has 1 N–H and O–H groups in total. The first-order valence-corrected chi connectivity index (χ1v) is 7.78. The molecule has 4 amide bonds. The summed E-state index contributed by atoms with van der Waals surface area (Å²) in [6.07, 6.45) is 0.358. The van der Waals surface area contributed by atoms with Gasteiger partial charge in [0.2, 0.25) is 11.8 Å². The van der Waals surface area contributed by atoms with Crippen molar-refractivity contribution >= 4 is 47.2 Å². The Hall–Kier alpha value is -1.28. The summed E-state index contributed by atoms with van der Waals surface area (Å²) in [5.41, 5.74) is 0. The molecular weight excluding hydrogens is 288 g/mol. The normalized spacial score (nSPS) is 27.8. The number of amides is 4. The molecule has 1 atom stereocenters. The Bertz CT molecular complexity index is 515. The molecule has 0 bridgehead atoms. The van der Waals surface area contributed by atoms with Crippen LogP contribution in [0.1, 0.15) is 12.8 Å². The van der Waals surface area contributed by atoms with E-state index in [9.17, 15) is 19.2 Å². The topological polar surface area (TPSA) is 83.6 Å². The molecule has 3 aliphatic heterocycles. The minimum atomic E-state index is -0.857. The van der Waals surface area contributed by atoms with Crippen LogP contribution in [0, 0.1) is 0 Å². The summed E-state index contributed by atoms with van der Waals surface area (Å²) < 4.78 is 0. The zero-order valence-corrected chi connectivity index (χ0v) is 11.4. The molecule has 1 saturated heterocycles. The molecule has 0 aromatic rings. The summed E-state index contributed by atoms with van der Waals surface area (Å²) in [6.45, 7) is 0. The summed E-state index contributed by atoms with van der Waals surface area (Å²) in [5, 5.41) is 2.17. The Morgan fingerprint density at radius 3 is 2.11 bits per heavy atom. The molecule has 3 heterocycles. The second kappa shape index (κ2) is 4.68. The monoisotopic (exact) mass is 298 g/mol. The van der Waals surface area contributed by atoms with Crippen molar-refractivity contribution in [1.29, 1.82) is 0 Å². The quantitative estimate of drug-likeness (QED) is 0.678. The van der Waals surface area contributed by atoms with Gasteiger partial charge in [0.25, 0.3) is 11.8 Å². The highest BCUT2D eigenvalue weighted by Crippen LogP contribution is 2.41. The average molecular weight is 298 g/mol. The van der Waals surface area contributed by atoms with Gasteiger partial charge in [0.1, 0.15) is 6.04 Å². The van der Waals surface area contributed by atoms with E-state index >= 15 is 0 Å². The van der Waals surface area contributed by atoms with Gasteiger partial charge in [-0.2, -0.15) is 0 Å². The average Bonchev–Trinajstić information content (AvgIpc) is 2.64. The van der Waals surface area contributed by atoms with Gasteiger partial charge in [-0.3, -0.25) is 29.4 Å². The highest BCUT2D eigenvalue weighted by Gasteiger charge is 2.47. The standard InChI is InChI=1S/C11H10N2O4S2/c14-6-2-1-5(9(15)12-6)13-10(16)7-8(11(13)17)19-4-3-18-7/h5H,1-4H2,(H,12,14,15). The van der Waals surface area contributed by atoms with Crippen LogP contribution in [0.25, 0.3) is 0 Å². The minimum Gasteiger partial charge on any atom is -0.295 e. The minimum absolute atomic E-state index is 0.151. The van der Waals surface area contributed by atoms with Crippen LogP contribution in [0.2, 0.25) is 0 Å². The summed E-state index contributed by atoms with van der Waals surface area (Å²) in [7, 11) is 0. The fourth-order valence-corrected chi connectivity index (χ4v) is 4.57. The van der Waals surface area contributed by atoms with E-state index in [4.69, 9.17) is 0 Å². The first-order valence-electron chi connectivity index (χ1n) is 5.81. The van der Waals surface area contributed by atoms with Crippen molar-refractivity contribution < 1.29 is 19.2 Å². The van der Waals surface area contributed by atoms with Crippen LogP contribution < -0.4 is 5.32 Å². The Labute approximate surface area is 117 Å². The summed E-state index contributed by atoms with van der Waals surface area (Å²) in [6, 6.07) is -0.857. The Morgan fingerprint density at radius 2 is 1.58 bits per heavy atom. The van der Waals surface area contributed by atoms with Gasteiger partial charge in [-0.05, 0) is 6.42 Å². The van der Waals surface area contributed by atoms with E-state index in [2.05, 4.69) is 5.32 Å². The molecule has 100 valence electrons. The van der Waals surface area contributed by atoms with E-state index in [1.165, 1.54) is 23.5 Å². The number of carbonyl (C=O) groups excluding carboxylic acids is 4. The fourth-order valence-electron chi connectivity index (χ4n) is 2.26. The van der Waals surface area contributed by atoms with E-state index in [-0.39, 0.29) is 18.7 Å². The fraction of sp³-hybridized carbons (Fsp3) is 0.455. The molecule has 0 aromatic heterocycles. The van der Waals surface area contributed by atoms with Gasteiger partial charge in [0.15, 0.2) is 0 Å². The third-order valence-electron chi connectivity index (χ3n) is 3.13. The summed E-state index contributed by atoms with van der Waals surface area (Å²) in [4.78, 5) is 49.2. The Kier molecular flexibility index (Phi) is 3.14. The predicted molar refractivity (Wildman–Crippen MR) is 70.0 cm³/mol. The Morgan fingerprint density at radius 1 is 1.00 bits per heavy atom. The van der Waals surface area contributed by atoms with Crippen LogP contribution in [0.5, 0.6) is 0 Å². The molecule has 1 fully saturated rings. The number of thioether (sulfide) groups is 2. The van der Waals surface area contributed by atoms with Crippen molar-refractivity contribution in [1.82, 2.24) is 10.2 Å². The SMILES string of the molecule is O=C1CCC(N2C(=O)C3=C(SCCS3)C2=O)C(=O)N1. The van der Waals surface area contributed by atoms with E-state index in [0.717, 1.165) is 16.4 Å². The highest BCUT2D eigenvalue weighted by atomic mass is 32.2. The van der Waals surface area contributed by atoms with Crippen molar-refractivity contribution in [2.75, 3.05) is 11.5 Å². The van der Waals surface area contributed by atoms with Gasteiger partial charge >= 0.3 is 0 Å². The maximum Gasteiger partial charge on any atom is 0.269 e. The molecule has 0 radical (unpaired) electrons. The van der Waals surface area contributed by atoms with E-state index < -0.39 is 23.8 Å². The van der Waals surface area contributed by atoms with E-state index in [0.29, 0.717) is 9.81 Å². The van der Waals surface area contributed by atoms with Crippen LogP contribution >= 0.6 is 23.5 Å². The molecule has 0 spiro atoms. The summed E-state index contributed by atoms with van der Waals surface area (Å²) >= 11 is 2.73. The van der Waals surface area contributed by atoms with Crippen molar-refractivity contribution in [2.24, 2.45) is 0 Å². The van der Waals surface area contributed by atoms with Gasteiger partial charge in [-0.15, -0.1) is 23.5 Å². The van der Waals surface area contributed by atoms with E-state index in [1.807, 2.05) is 0 Å². The van der Waals surface area contributed by atoms with Crippen LogP contribution in [0.4, 0.5) is 0 Å². The molecule has 0 aliphatic carbocycles. The molecule has 3 rings (SSSR count). The number of nitrogens with one attached hydrogen (secondary N) is 1. The zero-order chi connectivity index (χ0) is 13.6. The van der Waals surface area contributed by atoms with Crippen LogP contribution in [0.15, 0.2) is 9.81 Å². The molecule has 8 heteroatoms. The largest absolute Gasteiger partial charge is 0.295 e. The second-order valence-electron chi connectivity index (χ2n) is 4.30. The van der Waals surface area contributed by atoms with Crippen molar-refractivity contribution in [3.8, 4) is 0 Å². The number of carbonyl (C=O) groups is 4. The first kappa shape index (κ1) is 12.7. The number of piperidine rings is 1. The smallest absolute Gasteiger partial charge is 0.269 e. The lowest BCUT2D eigenvalue weighted by Crippen LogP contribution is -2.54. The molecular formula is C11H10N2O4S2. The molecule has 1 unspecified atom stereocenters. The first-order chi connectivity index (χ1) is 9.09.